The first-order valence-electron chi connectivity index (χ1n) is 4.90. The number of anilines is 1. The molecule has 5 heteroatoms. The Labute approximate surface area is 99.9 Å². The van der Waals surface area contributed by atoms with Gasteiger partial charge >= 0.3 is 0 Å². The maximum atomic E-state index is 11.6. The minimum atomic E-state index is -0.249. The second-order valence-electron chi connectivity index (χ2n) is 3.35. The number of methoxy groups -OCH3 is 1. The number of amides is 1. The van der Waals surface area contributed by atoms with Gasteiger partial charge in [0, 0.05) is 5.69 Å². The second kappa shape index (κ2) is 5.72. The van der Waals surface area contributed by atoms with Crippen LogP contribution in [0, 0.1) is 0 Å². The quantitative estimate of drug-likeness (QED) is 0.848. The fraction of sp³-hybridized carbons (Fsp3) is 0.364. The molecule has 0 radical (unpaired) electrons. The number of hydrogen-bond acceptors (Lipinski definition) is 3. The van der Waals surface area contributed by atoms with Crippen LogP contribution in [0.5, 0.6) is 5.75 Å². The summed E-state index contributed by atoms with van der Waals surface area (Å²) in [6.45, 7) is 1.78. The molecule has 0 aromatic heterocycles. The Bertz CT molecular complexity index is 382. The van der Waals surface area contributed by atoms with Crippen molar-refractivity contribution in [3.63, 3.8) is 0 Å². The third-order valence-electron chi connectivity index (χ3n) is 2.25. The van der Waals surface area contributed by atoms with Crippen molar-refractivity contribution in [1.29, 1.82) is 0 Å². The van der Waals surface area contributed by atoms with E-state index >= 15 is 0 Å². The summed E-state index contributed by atoms with van der Waals surface area (Å²) in [4.78, 5) is 11.6. The predicted octanol–water partition coefficient (Wildman–Crippen LogP) is 1.89. The number of rotatable bonds is 4. The smallest absolute Gasteiger partial charge is 0.241 e. The third-order valence-corrected chi connectivity index (χ3v) is 2.54. The van der Waals surface area contributed by atoms with Gasteiger partial charge in [-0.3, -0.25) is 4.79 Å². The summed E-state index contributed by atoms with van der Waals surface area (Å²) in [6.07, 6.45) is 0. The molecule has 0 saturated heterocycles. The molecule has 2 N–H and O–H groups in total. The van der Waals surface area contributed by atoms with Crippen molar-refractivity contribution in [1.82, 2.24) is 5.32 Å². The molecule has 0 spiro atoms. The topological polar surface area (TPSA) is 50.4 Å². The molecule has 1 amide bonds. The van der Waals surface area contributed by atoms with Gasteiger partial charge in [0.15, 0.2) is 0 Å². The van der Waals surface area contributed by atoms with E-state index in [1.54, 1.807) is 39.3 Å². The monoisotopic (exact) mass is 242 g/mol. The molecule has 0 saturated carbocycles. The van der Waals surface area contributed by atoms with Crippen LogP contribution < -0.4 is 15.4 Å². The van der Waals surface area contributed by atoms with Crippen LogP contribution in [0.1, 0.15) is 6.92 Å². The molecule has 1 aromatic rings. The average Bonchev–Trinajstić information content (AvgIpc) is 2.28. The van der Waals surface area contributed by atoms with Crippen molar-refractivity contribution in [2.24, 2.45) is 0 Å². The molecular weight excluding hydrogens is 228 g/mol. The first-order chi connectivity index (χ1) is 7.58. The lowest BCUT2D eigenvalue weighted by atomic mass is 10.2. The maximum absolute atomic E-state index is 11.6. The molecular formula is C11H15ClN2O2. The minimum Gasteiger partial charge on any atom is -0.495 e. The van der Waals surface area contributed by atoms with Gasteiger partial charge < -0.3 is 15.4 Å². The zero-order valence-corrected chi connectivity index (χ0v) is 10.3. The summed E-state index contributed by atoms with van der Waals surface area (Å²) in [7, 11) is 3.27. The Balaban J connectivity index is 2.75. The predicted molar refractivity (Wildman–Crippen MR) is 65.2 cm³/mol. The van der Waals surface area contributed by atoms with Crippen molar-refractivity contribution in [3.05, 3.63) is 23.2 Å². The molecule has 0 aliphatic carbocycles. The van der Waals surface area contributed by atoms with Crippen LogP contribution in [0.15, 0.2) is 18.2 Å². The number of nitrogens with one attached hydrogen (secondary N) is 2. The standard InChI is InChI=1S/C11H15ClN2O2/c1-7(13-2)11(15)14-8-4-5-10(16-3)9(12)6-8/h4-7,13H,1-3H3,(H,14,15). The van der Waals surface area contributed by atoms with Crippen molar-refractivity contribution >= 4 is 23.2 Å². The number of ether oxygens (including phenoxy) is 1. The summed E-state index contributed by atoms with van der Waals surface area (Å²) in [5, 5.41) is 6.07. The lowest BCUT2D eigenvalue weighted by Crippen LogP contribution is -2.35. The van der Waals surface area contributed by atoms with Gasteiger partial charge in [-0.15, -0.1) is 0 Å². The van der Waals surface area contributed by atoms with Crippen LogP contribution in [0.4, 0.5) is 5.69 Å². The van der Waals surface area contributed by atoms with Gasteiger partial charge in [0.2, 0.25) is 5.91 Å². The van der Waals surface area contributed by atoms with Gasteiger partial charge in [-0.1, -0.05) is 11.6 Å². The highest BCUT2D eigenvalue weighted by Gasteiger charge is 2.11. The molecule has 16 heavy (non-hydrogen) atoms. The fourth-order valence-electron chi connectivity index (χ4n) is 1.13. The number of hydrogen-bond donors (Lipinski definition) is 2. The fourth-order valence-corrected chi connectivity index (χ4v) is 1.38. The molecule has 1 aromatic carbocycles. The zero-order valence-electron chi connectivity index (χ0n) is 9.50. The largest absolute Gasteiger partial charge is 0.495 e. The van der Waals surface area contributed by atoms with E-state index in [1.165, 1.54) is 0 Å². The molecule has 0 aliphatic heterocycles. The average molecular weight is 243 g/mol. The highest BCUT2D eigenvalue weighted by atomic mass is 35.5. The number of carbonyl (C=O) groups is 1. The molecule has 88 valence electrons. The summed E-state index contributed by atoms with van der Waals surface area (Å²) in [5.74, 6) is 0.477. The number of halogens is 1. The Morgan fingerprint density at radius 2 is 2.19 bits per heavy atom. The van der Waals surface area contributed by atoms with Crippen LogP contribution in [-0.4, -0.2) is 26.1 Å². The van der Waals surface area contributed by atoms with E-state index in [1.807, 2.05) is 0 Å². The lowest BCUT2D eigenvalue weighted by molar-refractivity contribution is -0.117. The highest BCUT2D eigenvalue weighted by molar-refractivity contribution is 6.32. The van der Waals surface area contributed by atoms with Crippen LogP contribution in [0.25, 0.3) is 0 Å². The lowest BCUT2D eigenvalue weighted by Gasteiger charge is -2.12. The second-order valence-corrected chi connectivity index (χ2v) is 3.76. The first-order valence-corrected chi connectivity index (χ1v) is 5.28. The minimum absolute atomic E-state index is 0.108. The van der Waals surface area contributed by atoms with E-state index in [-0.39, 0.29) is 11.9 Å². The summed E-state index contributed by atoms with van der Waals surface area (Å²) >= 11 is 5.93. The van der Waals surface area contributed by atoms with E-state index in [0.29, 0.717) is 16.5 Å². The molecule has 4 nitrogen and oxygen atoms in total. The Hall–Kier alpha value is -1.26. The number of benzene rings is 1. The maximum Gasteiger partial charge on any atom is 0.241 e. The number of likely N-dealkylation sites (N-methyl/N-ethyl adjacent to an activating group) is 1. The highest BCUT2D eigenvalue weighted by Crippen LogP contribution is 2.27. The van der Waals surface area contributed by atoms with Crippen molar-refractivity contribution in [2.45, 2.75) is 13.0 Å². The summed E-state index contributed by atoms with van der Waals surface area (Å²) in [6, 6.07) is 4.86. The van der Waals surface area contributed by atoms with Crippen LogP contribution in [0.2, 0.25) is 5.02 Å². The van der Waals surface area contributed by atoms with E-state index in [9.17, 15) is 4.79 Å². The number of carbonyl (C=O) groups excluding carboxylic acids is 1. The van der Waals surface area contributed by atoms with E-state index in [2.05, 4.69) is 10.6 Å². The molecule has 0 fully saturated rings. The van der Waals surface area contributed by atoms with E-state index in [4.69, 9.17) is 16.3 Å². The summed E-state index contributed by atoms with van der Waals surface area (Å²) in [5.41, 5.74) is 0.651. The Morgan fingerprint density at radius 1 is 1.50 bits per heavy atom. The van der Waals surface area contributed by atoms with Crippen molar-refractivity contribution < 1.29 is 9.53 Å². The van der Waals surface area contributed by atoms with Gasteiger partial charge in [-0.25, -0.2) is 0 Å². The third kappa shape index (κ3) is 3.12. The molecule has 1 rings (SSSR count). The van der Waals surface area contributed by atoms with Gasteiger partial charge in [0.1, 0.15) is 5.75 Å². The van der Waals surface area contributed by atoms with Crippen molar-refractivity contribution in [2.75, 3.05) is 19.5 Å². The van der Waals surface area contributed by atoms with Crippen molar-refractivity contribution in [3.8, 4) is 5.75 Å². The van der Waals surface area contributed by atoms with Gasteiger partial charge in [-0.05, 0) is 32.2 Å². The normalized spacial score (nSPS) is 12.0. The van der Waals surface area contributed by atoms with Gasteiger partial charge in [-0.2, -0.15) is 0 Å². The van der Waals surface area contributed by atoms with E-state index in [0.717, 1.165) is 0 Å². The molecule has 0 aliphatic rings. The molecule has 0 heterocycles. The summed E-state index contributed by atoms with van der Waals surface area (Å²) < 4.78 is 5.02. The van der Waals surface area contributed by atoms with Crippen LogP contribution in [-0.2, 0) is 4.79 Å². The Morgan fingerprint density at radius 3 is 2.69 bits per heavy atom. The van der Waals surface area contributed by atoms with Crippen LogP contribution in [0.3, 0.4) is 0 Å². The zero-order chi connectivity index (χ0) is 12.1. The molecule has 1 atom stereocenters. The molecule has 1 unspecified atom stereocenters. The molecule has 0 bridgehead atoms. The van der Waals surface area contributed by atoms with E-state index < -0.39 is 0 Å². The SMILES string of the molecule is CNC(C)C(=O)Nc1ccc(OC)c(Cl)c1. The Kier molecular flexibility index (Phi) is 4.58. The van der Waals surface area contributed by atoms with Crippen LogP contribution >= 0.6 is 11.6 Å². The van der Waals surface area contributed by atoms with Gasteiger partial charge in [0.05, 0.1) is 18.2 Å². The first kappa shape index (κ1) is 12.8. The van der Waals surface area contributed by atoms with Gasteiger partial charge in [0.25, 0.3) is 0 Å².